The summed E-state index contributed by atoms with van der Waals surface area (Å²) in [5, 5.41) is 12.5. The van der Waals surface area contributed by atoms with Crippen LogP contribution in [0.25, 0.3) is 0 Å². The highest BCUT2D eigenvalue weighted by molar-refractivity contribution is 14.0. The first kappa shape index (κ1) is 24.4. The monoisotopic (exact) mass is 565 g/mol. The van der Waals surface area contributed by atoms with Gasteiger partial charge in [0.1, 0.15) is 11.6 Å². The lowest BCUT2D eigenvalue weighted by Gasteiger charge is -2.36. The standard InChI is InChI=1S/C24H35N7O.HI/c1-25-24(26-12-11-23-28-27-22-10-6-3-7-13-31(22)23)30-17-20-21(18-30)32-15-14-29(20)16-19-8-4-2-5-9-19;/h2,4-5,8-9,20-21H,3,6-7,10-18H2,1H3,(H,25,26);1H. The van der Waals surface area contributed by atoms with E-state index < -0.39 is 0 Å². The predicted molar refractivity (Wildman–Crippen MR) is 140 cm³/mol. The third kappa shape index (κ3) is 5.68. The number of aryl methyl sites for hydroxylation is 1. The molecule has 2 saturated heterocycles. The highest BCUT2D eigenvalue weighted by Crippen LogP contribution is 2.24. The molecule has 180 valence electrons. The average molecular weight is 566 g/mol. The number of halogens is 1. The van der Waals surface area contributed by atoms with Gasteiger partial charge in [-0.05, 0) is 18.4 Å². The number of likely N-dealkylation sites (tertiary alicyclic amines) is 1. The zero-order valence-corrected chi connectivity index (χ0v) is 21.9. The van der Waals surface area contributed by atoms with Gasteiger partial charge < -0.3 is 19.5 Å². The molecule has 4 heterocycles. The molecule has 1 N–H and O–H groups in total. The molecule has 0 bridgehead atoms. The second-order valence-corrected chi connectivity index (χ2v) is 9.06. The number of aromatic nitrogens is 3. The summed E-state index contributed by atoms with van der Waals surface area (Å²) in [6, 6.07) is 11.1. The van der Waals surface area contributed by atoms with Crippen LogP contribution in [0.3, 0.4) is 0 Å². The Bertz CT molecular complexity index is 919. The lowest BCUT2D eigenvalue weighted by molar-refractivity contribution is -0.0502. The van der Waals surface area contributed by atoms with Crippen LogP contribution in [-0.2, 0) is 30.7 Å². The van der Waals surface area contributed by atoms with Crippen molar-refractivity contribution in [2.45, 2.75) is 57.3 Å². The van der Waals surface area contributed by atoms with E-state index in [2.05, 4.69) is 65.2 Å². The fourth-order valence-corrected chi connectivity index (χ4v) is 5.29. The number of benzene rings is 1. The molecule has 0 radical (unpaired) electrons. The van der Waals surface area contributed by atoms with Gasteiger partial charge in [0.15, 0.2) is 5.96 Å². The van der Waals surface area contributed by atoms with E-state index in [1.807, 2.05) is 7.05 Å². The average Bonchev–Trinajstić information content (AvgIpc) is 3.34. The summed E-state index contributed by atoms with van der Waals surface area (Å²) in [6.07, 6.45) is 5.89. The van der Waals surface area contributed by atoms with Gasteiger partial charge in [-0.3, -0.25) is 9.89 Å². The Labute approximate surface area is 213 Å². The van der Waals surface area contributed by atoms with Gasteiger partial charge in [-0.25, -0.2) is 0 Å². The number of hydrogen-bond donors (Lipinski definition) is 1. The third-order valence-electron chi connectivity index (χ3n) is 6.97. The summed E-state index contributed by atoms with van der Waals surface area (Å²) >= 11 is 0. The van der Waals surface area contributed by atoms with E-state index in [4.69, 9.17) is 4.74 Å². The van der Waals surface area contributed by atoms with Gasteiger partial charge in [0.25, 0.3) is 0 Å². The molecule has 1 aromatic carbocycles. The topological polar surface area (TPSA) is 70.8 Å². The number of fused-ring (bicyclic) bond motifs is 2. The van der Waals surface area contributed by atoms with Crippen LogP contribution in [0.1, 0.15) is 36.5 Å². The molecule has 2 unspecified atom stereocenters. The Balaban J connectivity index is 0.00000259. The summed E-state index contributed by atoms with van der Waals surface area (Å²) in [4.78, 5) is 9.49. The SMILES string of the molecule is CN=C(NCCc1nnc2n1CCCCC2)N1CC2OCCN(Cc3ccccc3)C2C1.I. The molecule has 3 aliphatic heterocycles. The van der Waals surface area contributed by atoms with E-state index in [1.165, 1.54) is 24.8 Å². The van der Waals surface area contributed by atoms with Crippen molar-refractivity contribution >= 4 is 29.9 Å². The fourth-order valence-electron chi connectivity index (χ4n) is 5.29. The molecule has 2 aromatic rings. The molecule has 0 spiro atoms. The molecule has 5 rings (SSSR count). The number of hydrogen-bond acceptors (Lipinski definition) is 5. The summed E-state index contributed by atoms with van der Waals surface area (Å²) in [7, 11) is 1.87. The Morgan fingerprint density at radius 2 is 2.00 bits per heavy atom. The van der Waals surface area contributed by atoms with Crippen molar-refractivity contribution in [1.82, 2.24) is 29.9 Å². The van der Waals surface area contributed by atoms with Crippen molar-refractivity contribution in [3.8, 4) is 0 Å². The van der Waals surface area contributed by atoms with Gasteiger partial charge in [0.2, 0.25) is 0 Å². The smallest absolute Gasteiger partial charge is 0.193 e. The maximum absolute atomic E-state index is 6.14. The molecule has 3 aliphatic rings. The second kappa shape index (κ2) is 11.6. The maximum Gasteiger partial charge on any atom is 0.193 e. The number of nitrogens with one attached hydrogen (secondary N) is 1. The summed E-state index contributed by atoms with van der Waals surface area (Å²) in [5.74, 6) is 3.21. The van der Waals surface area contributed by atoms with Gasteiger partial charge in [-0.1, -0.05) is 36.8 Å². The molecular formula is C24H36IN7O. The minimum Gasteiger partial charge on any atom is -0.373 e. The lowest BCUT2D eigenvalue weighted by atomic mass is 10.1. The molecular weight excluding hydrogens is 529 g/mol. The van der Waals surface area contributed by atoms with Crippen molar-refractivity contribution in [3.63, 3.8) is 0 Å². The third-order valence-corrected chi connectivity index (χ3v) is 6.97. The highest BCUT2D eigenvalue weighted by atomic mass is 127. The van der Waals surface area contributed by atoms with Crippen LogP contribution >= 0.6 is 24.0 Å². The Kier molecular flexibility index (Phi) is 8.59. The van der Waals surface area contributed by atoms with Crippen LogP contribution in [0.15, 0.2) is 35.3 Å². The van der Waals surface area contributed by atoms with E-state index in [-0.39, 0.29) is 30.1 Å². The first-order valence-electron chi connectivity index (χ1n) is 12.1. The zero-order chi connectivity index (χ0) is 21.8. The van der Waals surface area contributed by atoms with Crippen LogP contribution in [0.5, 0.6) is 0 Å². The number of guanidine groups is 1. The van der Waals surface area contributed by atoms with Crippen molar-refractivity contribution in [2.24, 2.45) is 4.99 Å². The first-order valence-corrected chi connectivity index (χ1v) is 12.1. The minimum absolute atomic E-state index is 0. The van der Waals surface area contributed by atoms with Gasteiger partial charge >= 0.3 is 0 Å². The van der Waals surface area contributed by atoms with Crippen LogP contribution < -0.4 is 5.32 Å². The van der Waals surface area contributed by atoms with E-state index in [0.29, 0.717) is 6.04 Å². The summed E-state index contributed by atoms with van der Waals surface area (Å²) in [5.41, 5.74) is 1.36. The molecule has 33 heavy (non-hydrogen) atoms. The number of aliphatic imine (C=N–C) groups is 1. The van der Waals surface area contributed by atoms with E-state index in [1.54, 1.807) is 0 Å². The normalized spacial score (nSPS) is 23.4. The molecule has 0 amide bonds. The minimum atomic E-state index is 0. The number of morpholine rings is 1. The molecule has 2 fully saturated rings. The molecule has 0 aliphatic carbocycles. The van der Waals surface area contributed by atoms with Crippen LogP contribution in [0, 0.1) is 0 Å². The molecule has 9 heteroatoms. The van der Waals surface area contributed by atoms with Crippen LogP contribution in [0.2, 0.25) is 0 Å². The lowest BCUT2D eigenvalue weighted by Crippen LogP contribution is -2.50. The van der Waals surface area contributed by atoms with Crippen molar-refractivity contribution < 1.29 is 4.74 Å². The molecule has 1 aromatic heterocycles. The summed E-state index contributed by atoms with van der Waals surface area (Å²) < 4.78 is 8.47. The van der Waals surface area contributed by atoms with Crippen molar-refractivity contribution in [1.29, 1.82) is 0 Å². The van der Waals surface area contributed by atoms with Gasteiger partial charge in [0, 0.05) is 59.2 Å². The molecule has 8 nitrogen and oxygen atoms in total. The Morgan fingerprint density at radius 1 is 1.12 bits per heavy atom. The van der Waals surface area contributed by atoms with E-state index in [9.17, 15) is 0 Å². The molecule has 2 atom stereocenters. The van der Waals surface area contributed by atoms with Gasteiger partial charge in [0.05, 0.1) is 18.8 Å². The Hall–Kier alpha value is -1.72. The molecule has 0 saturated carbocycles. The Morgan fingerprint density at radius 3 is 2.85 bits per heavy atom. The highest BCUT2D eigenvalue weighted by Gasteiger charge is 2.41. The van der Waals surface area contributed by atoms with Crippen LogP contribution in [0.4, 0.5) is 0 Å². The number of nitrogens with zero attached hydrogens (tertiary/aromatic N) is 6. The van der Waals surface area contributed by atoms with Gasteiger partial charge in [-0.2, -0.15) is 0 Å². The fraction of sp³-hybridized carbons (Fsp3) is 0.625. The quantitative estimate of drug-likeness (QED) is 0.341. The van der Waals surface area contributed by atoms with Crippen molar-refractivity contribution in [3.05, 3.63) is 47.5 Å². The first-order chi connectivity index (χ1) is 15.8. The van der Waals surface area contributed by atoms with E-state index in [0.717, 1.165) is 76.3 Å². The summed E-state index contributed by atoms with van der Waals surface area (Å²) in [6.45, 7) is 6.44. The maximum atomic E-state index is 6.14. The zero-order valence-electron chi connectivity index (χ0n) is 19.5. The van der Waals surface area contributed by atoms with Crippen LogP contribution in [-0.4, -0.2) is 82.5 Å². The predicted octanol–water partition coefficient (Wildman–Crippen LogP) is 2.33. The van der Waals surface area contributed by atoms with E-state index >= 15 is 0 Å². The van der Waals surface area contributed by atoms with Gasteiger partial charge in [-0.15, -0.1) is 34.2 Å². The largest absolute Gasteiger partial charge is 0.373 e. The second-order valence-electron chi connectivity index (χ2n) is 9.06. The number of ether oxygens (including phenoxy) is 1. The van der Waals surface area contributed by atoms with Crippen molar-refractivity contribution in [2.75, 3.05) is 39.8 Å². The number of rotatable bonds is 5.